The molecule has 0 aromatic heterocycles. The molecule has 1 aliphatic heterocycles. The molecule has 0 spiro atoms. The number of hydrogen-bond donors (Lipinski definition) is 1. The van der Waals surface area contributed by atoms with Gasteiger partial charge in [0.15, 0.2) is 0 Å². The zero-order valence-electron chi connectivity index (χ0n) is 12.2. The van der Waals surface area contributed by atoms with E-state index in [0.717, 1.165) is 24.3 Å². The minimum atomic E-state index is 0.129. The predicted octanol–water partition coefficient (Wildman–Crippen LogP) is 1.57. The van der Waals surface area contributed by atoms with Gasteiger partial charge in [-0.3, -0.25) is 4.79 Å². The van der Waals surface area contributed by atoms with Gasteiger partial charge in [-0.05, 0) is 32.0 Å². The number of anilines is 1. The molecule has 0 radical (unpaired) electrons. The molecule has 1 aromatic carbocycles. The van der Waals surface area contributed by atoms with Crippen molar-refractivity contribution in [2.75, 3.05) is 32.1 Å². The molecule has 0 bridgehead atoms. The molecule has 1 N–H and O–H groups in total. The molecule has 4 nitrogen and oxygen atoms in total. The van der Waals surface area contributed by atoms with Crippen LogP contribution < -0.4 is 10.2 Å². The molecule has 2 unspecified atom stereocenters. The van der Waals surface area contributed by atoms with Crippen molar-refractivity contribution >= 4 is 11.6 Å². The van der Waals surface area contributed by atoms with Crippen LogP contribution in [0.15, 0.2) is 24.3 Å². The van der Waals surface area contributed by atoms with E-state index in [1.165, 1.54) is 0 Å². The lowest BCUT2D eigenvalue weighted by Gasteiger charge is -2.38. The third-order valence-electron chi connectivity index (χ3n) is 3.90. The van der Waals surface area contributed by atoms with Crippen LogP contribution in [-0.4, -0.2) is 50.1 Å². The molecule has 4 heteroatoms. The van der Waals surface area contributed by atoms with Gasteiger partial charge in [-0.2, -0.15) is 0 Å². The maximum Gasteiger partial charge on any atom is 0.254 e. The average molecular weight is 261 g/mol. The van der Waals surface area contributed by atoms with Crippen molar-refractivity contribution in [3.05, 3.63) is 29.8 Å². The van der Waals surface area contributed by atoms with Crippen LogP contribution in [-0.2, 0) is 0 Å². The van der Waals surface area contributed by atoms with E-state index in [9.17, 15) is 4.79 Å². The molecular weight excluding hydrogens is 238 g/mol. The Kier molecular flexibility index (Phi) is 4.10. The van der Waals surface area contributed by atoms with Crippen molar-refractivity contribution in [1.82, 2.24) is 10.2 Å². The van der Waals surface area contributed by atoms with E-state index >= 15 is 0 Å². The van der Waals surface area contributed by atoms with Crippen molar-refractivity contribution in [3.8, 4) is 0 Å². The second-order valence-electron chi connectivity index (χ2n) is 5.43. The number of hydrogen-bond acceptors (Lipinski definition) is 3. The third kappa shape index (κ3) is 2.89. The molecule has 1 aliphatic rings. The monoisotopic (exact) mass is 261 g/mol. The minimum Gasteiger partial charge on any atom is -0.378 e. The molecule has 2 atom stereocenters. The minimum absolute atomic E-state index is 0.129. The number of nitrogens with one attached hydrogen (secondary N) is 1. The number of carbonyl (C=O) groups excluding carboxylic acids is 1. The largest absolute Gasteiger partial charge is 0.378 e. The molecule has 1 saturated heterocycles. The van der Waals surface area contributed by atoms with Gasteiger partial charge in [-0.15, -0.1) is 0 Å². The van der Waals surface area contributed by atoms with Gasteiger partial charge in [-0.25, -0.2) is 0 Å². The van der Waals surface area contributed by atoms with Gasteiger partial charge in [0.1, 0.15) is 0 Å². The van der Waals surface area contributed by atoms with Gasteiger partial charge < -0.3 is 15.1 Å². The molecule has 1 fully saturated rings. The van der Waals surface area contributed by atoms with Gasteiger partial charge in [-0.1, -0.05) is 6.07 Å². The number of carbonyl (C=O) groups is 1. The molecule has 1 aromatic rings. The highest BCUT2D eigenvalue weighted by atomic mass is 16.2. The highest BCUT2D eigenvalue weighted by molar-refractivity contribution is 5.95. The van der Waals surface area contributed by atoms with E-state index in [2.05, 4.69) is 19.2 Å². The van der Waals surface area contributed by atoms with Crippen LogP contribution in [0, 0.1) is 0 Å². The van der Waals surface area contributed by atoms with Crippen LogP contribution in [0.2, 0.25) is 0 Å². The molecule has 1 amide bonds. The lowest BCUT2D eigenvalue weighted by atomic mass is 10.0. The van der Waals surface area contributed by atoms with Gasteiger partial charge in [0.2, 0.25) is 0 Å². The summed E-state index contributed by atoms with van der Waals surface area (Å²) in [4.78, 5) is 16.6. The fourth-order valence-corrected chi connectivity index (χ4v) is 2.43. The van der Waals surface area contributed by atoms with Crippen LogP contribution in [0.4, 0.5) is 5.69 Å². The Labute approximate surface area is 115 Å². The van der Waals surface area contributed by atoms with E-state index in [4.69, 9.17) is 0 Å². The van der Waals surface area contributed by atoms with Crippen molar-refractivity contribution < 1.29 is 4.79 Å². The van der Waals surface area contributed by atoms with E-state index < -0.39 is 0 Å². The number of amides is 1. The first kappa shape index (κ1) is 13.9. The summed E-state index contributed by atoms with van der Waals surface area (Å²) in [5.74, 6) is 0.129. The molecule has 104 valence electrons. The van der Waals surface area contributed by atoms with Gasteiger partial charge in [0, 0.05) is 50.5 Å². The van der Waals surface area contributed by atoms with E-state index in [1.54, 1.807) is 0 Å². The highest BCUT2D eigenvalue weighted by Crippen LogP contribution is 2.18. The molecule has 0 aliphatic carbocycles. The summed E-state index contributed by atoms with van der Waals surface area (Å²) in [6.45, 7) is 5.87. The summed E-state index contributed by atoms with van der Waals surface area (Å²) in [5.41, 5.74) is 1.83. The highest BCUT2D eigenvalue weighted by Gasteiger charge is 2.28. The van der Waals surface area contributed by atoms with Crippen LogP contribution in [0.25, 0.3) is 0 Å². The SMILES string of the molecule is CC1NCCN(C(=O)c2cccc(N(C)C)c2)C1C. The lowest BCUT2D eigenvalue weighted by molar-refractivity contribution is 0.0603. The normalized spacial score (nSPS) is 23.3. The topological polar surface area (TPSA) is 35.6 Å². The number of nitrogens with zero attached hydrogens (tertiary/aromatic N) is 2. The standard InChI is InChI=1S/C15H23N3O/c1-11-12(2)18(9-8-16-11)15(19)13-6-5-7-14(10-13)17(3)4/h5-7,10-12,16H,8-9H2,1-4H3. The summed E-state index contributed by atoms with van der Waals surface area (Å²) in [6.07, 6.45) is 0. The van der Waals surface area contributed by atoms with Crippen molar-refractivity contribution in [1.29, 1.82) is 0 Å². The van der Waals surface area contributed by atoms with E-state index in [-0.39, 0.29) is 11.9 Å². The third-order valence-corrected chi connectivity index (χ3v) is 3.90. The second kappa shape index (κ2) is 5.61. The zero-order valence-corrected chi connectivity index (χ0v) is 12.2. The maximum absolute atomic E-state index is 12.6. The number of piperazine rings is 1. The Morgan fingerprint density at radius 1 is 1.37 bits per heavy atom. The Balaban J connectivity index is 2.21. The Bertz CT molecular complexity index is 458. The Hall–Kier alpha value is -1.55. The predicted molar refractivity (Wildman–Crippen MR) is 78.7 cm³/mol. The summed E-state index contributed by atoms with van der Waals surface area (Å²) in [7, 11) is 3.97. The first-order chi connectivity index (χ1) is 9.00. The van der Waals surface area contributed by atoms with Crippen molar-refractivity contribution in [2.45, 2.75) is 25.9 Å². The Morgan fingerprint density at radius 3 is 2.79 bits per heavy atom. The maximum atomic E-state index is 12.6. The zero-order chi connectivity index (χ0) is 14.0. The summed E-state index contributed by atoms with van der Waals surface area (Å²) >= 11 is 0. The van der Waals surface area contributed by atoms with Crippen LogP contribution in [0.1, 0.15) is 24.2 Å². The van der Waals surface area contributed by atoms with Crippen LogP contribution >= 0.6 is 0 Å². The average Bonchev–Trinajstić information content (AvgIpc) is 2.41. The quantitative estimate of drug-likeness (QED) is 0.878. The van der Waals surface area contributed by atoms with Crippen LogP contribution in [0.3, 0.4) is 0 Å². The first-order valence-electron chi connectivity index (χ1n) is 6.82. The first-order valence-corrected chi connectivity index (χ1v) is 6.82. The summed E-state index contributed by atoms with van der Waals surface area (Å²) in [6, 6.07) is 8.38. The summed E-state index contributed by atoms with van der Waals surface area (Å²) in [5, 5.41) is 3.40. The lowest BCUT2D eigenvalue weighted by Crippen LogP contribution is -2.57. The molecule has 2 rings (SSSR count). The van der Waals surface area contributed by atoms with Crippen molar-refractivity contribution in [3.63, 3.8) is 0 Å². The van der Waals surface area contributed by atoms with Gasteiger partial charge in [0.05, 0.1) is 0 Å². The number of benzene rings is 1. The molecule has 19 heavy (non-hydrogen) atoms. The summed E-state index contributed by atoms with van der Waals surface area (Å²) < 4.78 is 0. The van der Waals surface area contributed by atoms with Crippen LogP contribution in [0.5, 0.6) is 0 Å². The van der Waals surface area contributed by atoms with Crippen molar-refractivity contribution in [2.24, 2.45) is 0 Å². The molecule has 0 saturated carbocycles. The van der Waals surface area contributed by atoms with Gasteiger partial charge in [0.25, 0.3) is 5.91 Å². The number of rotatable bonds is 2. The molecule has 1 heterocycles. The van der Waals surface area contributed by atoms with Gasteiger partial charge >= 0.3 is 0 Å². The Morgan fingerprint density at radius 2 is 2.11 bits per heavy atom. The van der Waals surface area contributed by atoms with E-state index in [1.807, 2.05) is 48.2 Å². The fourth-order valence-electron chi connectivity index (χ4n) is 2.43. The molecular formula is C15H23N3O. The van der Waals surface area contributed by atoms with E-state index in [0.29, 0.717) is 6.04 Å². The smallest absolute Gasteiger partial charge is 0.254 e. The fraction of sp³-hybridized carbons (Fsp3) is 0.533. The second-order valence-corrected chi connectivity index (χ2v) is 5.43.